The molecule has 0 spiro atoms. The first-order valence-electron chi connectivity index (χ1n) is 6.99. The Hall–Kier alpha value is -0.860. The Balaban J connectivity index is 2.83. The molecular formula is C17H28O2. The van der Waals surface area contributed by atoms with Crippen LogP contribution < -0.4 is 0 Å². The summed E-state index contributed by atoms with van der Waals surface area (Å²) in [5.74, 6) is 0.452. The molecule has 0 saturated carbocycles. The molecule has 0 bridgehead atoms. The minimum absolute atomic E-state index is 0.297. The Morgan fingerprint density at radius 2 is 1.53 bits per heavy atom. The van der Waals surface area contributed by atoms with Crippen molar-refractivity contribution in [2.45, 2.75) is 66.0 Å². The molecule has 19 heavy (non-hydrogen) atoms. The van der Waals surface area contributed by atoms with E-state index in [4.69, 9.17) is 9.47 Å². The van der Waals surface area contributed by atoms with Gasteiger partial charge in [0, 0.05) is 5.57 Å². The summed E-state index contributed by atoms with van der Waals surface area (Å²) in [6, 6.07) is 0. The number of rotatable bonds is 4. The lowest BCUT2D eigenvalue weighted by molar-refractivity contribution is -0.0566. The maximum atomic E-state index is 6.04. The third-order valence-corrected chi connectivity index (χ3v) is 4.09. The molecule has 2 nitrogen and oxygen atoms in total. The molecule has 0 aliphatic carbocycles. The van der Waals surface area contributed by atoms with Crippen LogP contribution in [0.25, 0.3) is 0 Å². The second-order valence-corrected chi connectivity index (χ2v) is 6.44. The van der Waals surface area contributed by atoms with Gasteiger partial charge in [0.05, 0.1) is 11.2 Å². The van der Waals surface area contributed by atoms with Gasteiger partial charge in [-0.05, 0) is 40.5 Å². The molecule has 0 aromatic carbocycles. The molecule has 0 aromatic rings. The van der Waals surface area contributed by atoms with Crippen LogP contribution in [0.5, 0.6) is 0 Å². The van der Waals surface area contributed by atoms with Crippen molar-refractivity contribution < 1.29 is 9.47 Å². The quantitative estimate of drug-likeness (QED) is 0.689. The van der Waals surface area contributed by atoms with Crippen LogP contribution in [0.3, 0.4) is 0 Å². The van der Waals surface area contributed by atoms with Crippen LogP contribution in [0.1, 0.15) is 48.5 Å². The molecule has 0 amide bonds. The van der Waals surface area contributed by atoms with E-state index in [1.54, 1.807) is 0 Å². The molecule has 108 valence electrons. The highest BCUT2D eigenvalue weighted by Gasteiger charge is 2.49. The van der Waals surface area contributed by atoms with Crippen molar-refractivity contribution >= 4 is 0 Å². The first-order chi connectivity index (χ1) is 8.60. The van der Waals surface area contributed by atoms with Gasteiger partial charge in [-0.1, -0.05) is 44.2 Å². The van der Waals surface area contributed by atoms with Crippen molar-refractivity contribution in [3.05, 3.63) is 36.0 Å². The van der Waals surface area contributed by atoms with Crippen molar-refractivity contribution in [1.29, 1.82) is 0 Å². The molecule has 1 aliphatic heterocycles. The molecule has 1 fully saturated rings. The van der Waals surface area contributed by atoms with E-state index >= 15 is 0 Å². The van der Waals surface area contributed by atoms with Crippen LogP contribution in [0.4, 0.5) is 0 Å². The van der Waals surface area contributed by atoms with Gasteiger partial charge < -0.3 is 9.47 Å². The zero-order valence-electron chi connectivity index (χ0n) is 13.4. The summed E-state index contributed by atoms with van der Waals surface area (Å²) < 4.78 is 12.1. The van der Waals surface area contributed by atoms with Gasteiger partial charge >= 0.3 is 0 Å². The second-order valence-electron chi connectivity index (χ2n) is 6.44. The number of allylic oxidation sites excluding steroid dienone is 3. The minimum Gasteiger partial charge on any atom is -0.339 e. The number of hydrogen-bond acceptors (Lipinski definition) is 2. The third-order valence-electron chi connectivity index (χ3n) is 4.09. The molecule has 0 radical (unpaired) electrons. The van der Waals surface area contributed by atoms with Gasteiger partial charge in [-0.15, -0.1) is 0 Å². The van der Waals surface area contributed by atoms with E-state index in [9.17, 15) is 0 Å². The van der Waals surface area contributed by atoms with E-state index in [0.717, 1.165) is 11.1 Å². The molecule has 1 rings (SSSR count). The molecular weight excluding hydrogens is 236 g/mol. The van der Waals surface area contributed by atoms with Gasteiger partial charge in [0.25, 0.3) is 0 Å². The molecule has 1 saturated heterocycles. The van der Waals surface area contributed by atoms with E-state index in [0.29, 0.717) is 5.92 Å². The van der Waals surface area contributed by atoms with E-state index in [1.807, 2.05) is 25.2 Å². The monoisotopic (exact) mass is 264 g/mol. The van der Waals surface area contributed by atoms with Crippen molar-refractivity contribution in [3.8, 4) is 0 Å². The summed E-state index contributed by atoms with van der Waals surface area (Å²) in [5.41, 5.74) is 1.56. The average molecular weight is 264 g/mol. The standard InChI is InChI=1S/C17H28O2/c1-9-14(11-10-13(4)12(2)3)15-18-16(5,6)17(7,8)19-15/h9-12,15H,4H2,1-3,5-8H3/b11-10-,14-9+. The van der Waals surface area contributed by atoms with Gasteiger partial charge in [0.1, 0.15) is 0 Å². The summed E-state index contributed by atoms with van der Waals surface area (Å²) in [7, 11) is 0. The zero-order chi connectivity index (χ0) is 14.8. The van der Waals surface area contributed by atoms with Crippen LogP contribution in [-0.4, -0.2) is 17.5 Å². The Morgan fingerprint density at radius 3 is 1.89 bits per heavy atom. The molecule has 0 unspecified atom stereocenters. The van der Waals surface area contributed by atoms with Gasteiger partial charge in [0.15, 0.2) is 6.29 Å². The predicted octanol–water partition coefficient (Wildman–Crippen LogP) is 4.63. The maximum absolute atomic E-state index is 6.04. The summed E-state index contributed by atoms with van der Waals surface area (Å²) >= 11 is 0. The molecule has 0 atom stereocenters. The van der Waals surface area contributed by atoms with Crippen LogP contribution in [0.15, 0.2) is 36.0 Å². The maximum Gasteiger partial charge on any atom is 0.185 e. The highest BCUT2D eigenvalue weighted by atomic mass is 16.7. The fourth-order valence-electron chi connectivity index (χ4n) is 1.69. The SMILES string of the molecule is C=C(/C=C\C(=C/C)C1OC(C)(C)C(C)(C)O1)C(C)C. The van der Waals surface area contributed by atoms with Gasteiger partial charge in [0.2, 0.25) is 0 Å². The zero-order valence-corrected chi connectivity index (χ0v) is 13.4. The van der Waals surface area contributed by atoms with Crippen LogP contribution in [0.2, 0.25) is 0 Å². The molecule has 2 heteroatoms. The topological polar surface area (TPSA) is 18.5 Å². The summed E-state index contributed by atoms with van der Waals surface area (Å²) in [6.07, 6.45) is 5.83. The highest BCUT2D eigenvalue weighted by Crippen LogP contribution is 2.40. The van der Waals surface area contributed by atoms with Crippen LogP contribution in [0, 0.1) is 5.92 Å². The Morgan fingerprint density at radius 1 is 1.05 bits per heavy atom. The third kappa shape index (κ3) is 3.58. The van der Waals surface area contributed by atoms with Crippen molar-refractivity contribution in [1.82, 2.24) is 0 Å². The molecule has 0 aromatic heterocycles. The van der Waals surface area contributed by atoms with E-state index in [1.165, 1.54) is 0 Å². The molecule has 0 N–H and O–H groups in total. The number of hydrogen-bond donors (Lipinski definition) is 0. The van der Waals surface area contributed by atoms with Crippen LogP contribution >= 0.6 is 0 Å². The minimum atomic E-state index is -0.300. The van der Waals surface area contributed by atoms with Crippen LogP contribution in [-0.2, 0) is 9.47 Å². The lowest BCUT2D eigenvalue weighted by Crippen LogP contribution is -2.41. The van der Waals surface area contributed by atoms with E-state index < -0.39 is 0 Å². The Labute approximate surface area is 118 Å². The summed E-state index contributed by atoms with van der Waals surface area (Å²) in [4.78, 5) is 0. The highest BCUT2D eigenvalue weighted by molar-refractivity contribution is 5.29. The second kappa shape index (κ2) is 5.64. The lowest BCUT2D eigenvalue weighted by atomic mass is 9.90. The lowest BCUT2D eigenvalue weighted by Gasteiger charge is -2.30. The largest absolute Gasteiger partial charge is 0.339 e. The van der Waals surface area contributed by atoms with E-state index in [-0.39, 0.29) is 17.5 Å². The van der Waals surface area contributed by atoms with Gasteiger partial charge in [-0.25, -0.2) is 0 Å². The van der Waals surface area contributed by atoms with E-state index in [2.05, 4.69) is 48.1 Å². The van der Waals surface area contributed by atoms with Gasteiger partial charge in [-0.2, -0.15) is 0 Å². The molecule has 1 heterocycles. The first-order valence-corrected chi connectivity index (χ1v) is 6.99. The Bertz CT molecular complexity index is 381. The summed E-state index contributed by atoms with van der Waals surface area (Å²) in [6.45, 7) is 18.6. The van der Waals surface area contributed by atoms with Gasteiger partial charge in [-0.3, -0.25) is 0 Å². The average Bonchev–Trinajstić information content (AvgIpc) is 2.48. The fourth-order valence-corrected chi connectivity index (χ4v) is 1.69. The normalized spacial score (nSPS) is 23.5. The first kappa shape index (κ1) is 16.2. The van der Waals surface area contributed by atoms with Crippen molar-refractivity contribution in [2.24, 2.45) is 5.92 Å². The number of ether oxygens (including phenoxy) is 2. The smallest absolute Gasteiger partial charge is 0.185 e. The van der Waals surface area contributed by atoms with Crippen molar-refractivity contribution in [2.75, 3.05) is 0 Å². The fraction of sp³-hybridized carbons (Fsp3) is 0.647. The van der Waals surface area contributed by atoms with Crippen molar-refractivity contribution in [3.63, 3.8) is 0 Å². The predicted molar refractivity (Wildman–Crippen MR) is 81.0 cm³/mol. The molecule has 1 aliphatic rings. The summed E-state index contributed by atoms with van der Waals surface area (Å²) in [5, 5.41) is 0. The Kier molecular flexibility index (Phi) is 4.81.